The molecule has 0 saturated heterocycles. The molecule has 2 aromatic heterocycles. The third-order valence-corrected chi connectivity index (χ3v) is 16.4. The van der Waals surface area contributed by atoms with Gasteiger partial charge in [-0.05, 0) is 192 Å². The van der Waals surface area contributed by atoms with Crippen LogP contribution in [-0.2, 0) is 6.18 Å². The zero-order chi connectivity index (χ0) is 54.3. The maximum Gasteiger partial charge on any atom is 0.416 e. The number of aromatic nitrogens is 2. The molecule has 2 nitrogen and oxygen atoms in total. The fraction of sp³-hybridized carbons (Fsp3) is 0.0263. The predicted molar refractivity (Wildman–Crippen MR) is 332 cm³/mol. The molecule has 384 valence electrons. The topological polar surface area (TPSA) is 9.86 Å². The molecule has 81 heavy (non-hydrogen) atoms. The lowest BCUT2D eigenvalue weighted by Gasteiger charge is -2.20. The molecular formula is C76H49F3N2. The molecule has 0 spiro atoms. The maximum atomic E-state index is 13.6. The van der Waals surface area contributed by atoms with Crippen LogP contribution >= 0.6 is 0 Å². The van der Waals surface area contributed by atoms with E-state index in [-0.39, 0.29) is 0 Å². The molecule has 15 aromatic rings. The molecule has 15 rings (SSSR count). The number of rotatable bonds is 8. The second-order valence-electron chi connectivity index (χ2n) is 21.2. The van der Waals surface area contributed by atoms with E-state index in [4.69, 9.17) is 0 Å². The first-order valence-corrected chi connectivity index (χ1v) is 27.4. The van der Waals surface area contributed by atoms with Crippen molar-refractivity contribution in [3.05, 3.63) is 290 Å². The van der Waals surface area contributed by atoms with E-state index in [1.165, 1.54) is 44.0 Å². The zero-order valence-electron chi connectivity index (χ0n) is 44.1. The van der Waals surface area contributed by atoms with Crippen LogP contribution in [0.4, 0.5) is 13.2 Å². The van der Waals surface area contributed by atoms with Gasteiger partial charge in [0.25, 0.3) is 0 Å². The van der Waals surface area contributed by atoms with Crippen molar-refractivity contribution in [2.45, 2.75) is 13.1 Å². The van der Waals surface area contributed by atoms with Crippen molar-refractivity contribution in [2.24, 2.45) is 0 Å². The summed E-state index contributed by atoms with van der Waals surface area (Å²) in [6.45, 7) is 2.13. The highest BCUT2D eigenvalue weighted by Gasteiger charge is 2.30. The average Bonchev–Trinajstić information content (AvgIpc) is 3.39. The lowest BCUT2D eigenvalue weighted by molar-refractivity contribution is -0.137. The van der Waals surface area contributed by atoms with Crippen LogP contribution < -0.4 is 0 Å². The summed E-state index contributed by atoms with van der Waals surface area (Å²) < 4.78 is 45.6. The number of halogens is 3. The molecule has 2 heterocycles. The molecule has 0 bridgehead atoms. The van der Waals surface area contributed by atoms with Crippen LogP contribution in [0.3, 0.4) is 0 Å². The predicted octanol–water partition coefficient (Wildman–Crippen LogP) is 21.5. The lowest BCUT2D eigenvalue weighted by Crippen LogP contribution is -2.03. The third-order valence-electron chi connectivity index (χ3n) is 16.4. The van der Waals surface area contributed by atoms with Gasteiger partial charge < -0.3 is 9.13 Å². The fourth-order valence-corrected chi connectivity index (χ4v) is 12.5. The van der Waals surface area contributed by atoms with Gasteiger partial charge in [0.2, 0.25) is 0 Å². The van der Waals surface area contributed by atoms with Gasteiger partial charge in [-0.3, -0.25) is 0 Å². The van der Waals surface area contributed by atoms with Crippen LogP contribution in [0, 0.1) is 6.92 Å². The Bertz CT molecular complexity index is 4920. The van der Waals surface area contributed by atoms with Crippen LogP contribution in [-0.4, -0.2) is 9.13 Å². The first-order valence-electron chi connectivity index (χ1n) is 27.4. The zero-order valence-corrected chi connectivity index (χ0v) is 44.1. The van der Waals surface area contributed by atoms with E-state index in [1.807, 2.05) is 24.3 Å². The van der Waals surface area contributed by atoms with Crippen molar-refractivity contribution in [1.82, 2.24) is 9.13 Å². The summed E-state index contributed by atoms with van der Waals surface area (Å²) in [4.78, 5) is 0. The van der Waals surface area contributed by atoms with Crippen molar-refractivity contribution in [1.29, 1.82) is 0 Å². The van der Waals surface area contributed by atoms with E-state index in [2.05, 4.69) is 247 Å². The maximum absolute atomic E-state index is 13.6. The molecule has 0 fully saturated rings. The summed E-state index contributed by atoms with van der Waals surface area (Å²) in [6, 6.07) is 97.4. The molecule has 0 aliphatic heterocycles. The molecule has 0 atom stereocenters. The Morgan fingerprint density at radius 3 is 0.877 bits per heavy atom. The molecular weight excluding hydrogens is 998 g/mol. The van der Waals surface area contributed by atoms with Gasteiger partial charge in [-0.25, -0.2) is 0 Å². The Morgan fingerprint density at radius 2 is 0.531 bits per heavy atom. The standard InChI is InChI=1S/C76H49F3N2/c1-48-22-24-49(25-23-48)53-30-38-70-64(42-53)66-44-57(32-40-72(66)80(70)60-18-10-4-11-19-60)55-28-36-62-68(46-55)74(51-14-6-2-7-15-51)63-37-29-56(47-69(63)75(62)52-16-8-3-9-17-52)58-33-41-73-67(45-58)65-43-54(50-26-34-59(35-27-50)76(77,78)79)31-39-71(65)81(73)61-20-12-5-13-21-61/h2-47H,1H3. The largest absolute Gasteiger partial charge is 0.416 e. The summed E-state index contributed by atoms with van der Waals surface area (Å²) in [7, 11) is 0. The second kappa shape index (κ2) is 19.0. The Balaban J connectivity index is 0.927. The average molecular weight is 1050 g/mol. The highest BCUT2D eigenvalue weighted by atomic mass is 19.4. The van der Waals surface area contributed by atoms with Gasteiger partial charge in [-0.1, -0.05) is 188 Å². The van der Waals surface area contributed by atoms with E-state index in [0.29, 0.717) is 0 Å². The third kappa shape index (κ3) is 8.19. The van der Waals surface area contributed by atoms with Crippen LogP contribution in [0.25, 0.3) is 143 Å². The van der Waals surface area contributed by atoms with E-state index in [9.17, 15) is 13.2 Å². The number of fused-ring (bicyclic) bond motifs is 8. The molecule has 0 aliphatic carbocycles. The molecule has 0 unspecified atom stereocenters. The fourth-order valence-electron chi connectivity index (χ4n) is 12.5. The smallest absolute Gasteiger partial charge is 0.309 e. The van der Waals surface area contributed by atoms with Crippen molar-refractivity contribution in [3.63, 3.8) is 0 Å². The monoisotopic (exact) mass is 1050 g/mol. The Hall–Kier alpha value is -10.2. The molecule has 0 amide bonds. The quantitative estimate of drug-likeness (QED) is 0.134. The minimum absolute atomic E-state index is 0.664. The van der Waals surface area contributed by atoms with Crippen LogP contribution in [0.2, 0.25) is 0 Å². The number of para-hydroxylation sites is 2. The van der Waals surface area contributed by atoms with Gasteiger partial charge >= 0.3 is 6.18 Å². The van der Waals surface area contributed by atoms with Gasteiger partial charge in [-0.15, -0.1) is 0 Å². The molecule has 0 aliphatic rings. The van der Waals surface area contributed by atoms with Crippen LogP contribution in [0.15, 0.2) is 279 Å². The number of benzene rings is 13. The minimum atomic E-state index is -4.41. The molecule has 0 radical (unpaired) electrons. The molecule has 0 N–H and O–H groups in total. The molecule has 5 heteroatoms. The van der Waals surface area contributed by atoms with Crippen molar-refractivity contribution in [2.75, 3.05) is 0 Å². The summed E-state index contributed by atoms with van der Waals surface area (Å²) in [5, 5.41) is 9.10. The van der Waals surface area contributed by atoms with Gasteiger partial charge in [-0.2, -0.15) is 13.2 Å². The van der Waals surface area contributed by atoms with Crippen LogP contribution in [0.1, 0.15) is 11.1 Å². The highest BCUT2D eigenvalue weighted by molar-refractivity contribution is 6.23. The van der Waals surface area contributed by atoms with Crippen LogP contribution in [0.5, 0.6) is 0 Å². The Kier molecular flexibility index (Phi) is 11.2. The highest BCUT2D eigenvalue weighted by Crippen LogP contribution is 2.48. The number of aryl methyl sites for hydroxylation is 1. The minimum Gasteiger partial charge on any atom is -0.309 e. The van der Waals surface area contributed by atoms with Gasteiger partial charge in [0.05, 0.1) is 27.6 Å². The molecule has 0 saturated carbocycles. The van der Waals surface area contributed by atoms with E-state index >= 15 is 0 Å². The van der Waals surface area contributed by atoms with E-state index in [1.54, 1.807) is 12.1 Å². The van der Waals surface area contributed by atoms with Crippen molar-refractivity contribution in [3.8, 4) is 78.1 Å². The van der Waals surface area contributed by atoms with E-state index < -0.39 is 11.7 Å². The Morgan fingerprint density at radius 1 is 0.247 bits per heavy atom. The Labute approximate surface area is 466 Å². The SMILES string of the molecule is Cc1ccc(-c2ccc3c(c2)c2cc(-c4ccc5c(-c6ccccc6)c6cc(-c7ccc8c(c7)c7cc(-c9ccc(C(F)(F)F)cc9)ccc7n8-c7ccccc7)ccc6c(-c6ccccc6)c5c4)ccc2n3-c2ccccc2)cc1. The van der Waals surface area contributed by atoms with Gasteiger partial charge in [0, 0.05) is 32.9 Å². The summed E-state index contributed by atoms with van der Waals surface area (Å²) in [5.41, 5.74) is 20.1. The first-order chi connectivity index (χ1) is 39.7. The number of nitrogens with zero attached hydrogens (tertiary/aromatic N) is 2. The normalized spacial score (nSPS) is 12.0. The van der Waals surface area contributed by atoms with E-state index in [0.717, 1.165) is 117 Å². The van der Waals surface area contributed by atoms with Crippen molar-refractivity contribution < 1.29 is 13.2 Å². The number of hydrogen-bond donors (Lipinski definition) is 0. The number of alkyl halides is 3. The van der Waals surface area contributed by atoms with Gasteiger partial charge in [0.1, 0.15) is 0 Å². The summed E-state index contributed by atoms with van der Waals surface area (Å²) in [5.74, 6) is 0. The lowest BCUT2D eigenvalue weighted by atomic mass is 9.84. The summed E-state index contributed by atoms with van der Waals surface area (Å²) in [6.07, 6.45) is -4.41. The molecule has 13 aromatic carbocycles. The second-order valence-corrected chi connectivity index (χ2v) is 21.2. The summed E-state index contributed by atoms with van der Waals surface area (Å²) >= 11 is 0. The van der Waals surface area contributed by atoms with Crippen molar-refractivity contribution >= 4 is 65.2 Å². The number of hydrogen-bond acceptors (Lipinski definition) is 0. The first kappa shape index (κ1) is 47.9. The van der Waals surface area contributed by atoms with Gasteiger partial charge in [0.15, 0.2) is 0 Å².